The van der Waals surface area contributed by atoms with Gasteiger partial charge in [-0.05, 0) is 44.4 Å². The molecule has 9 nitrogen and oxygen atoms in total. The summed E-state index contributed by atoms with van der Waals surface area (Å²) in [7, 11) is 0. The molecule has 3 fully saturated rings. The van der Waals surface area contributed by atoms with E-state index in [2.05, 4.69) is 32.5 Å². The molecule has 3 saturated heterocycles. The molecule has 1 aromatic carbocycles. The topological polar surface area (TPSA) is 119 Å². The van der Waals surface area contributed by atoms with E-state index < -0.39 is 5.41 Å². The largest absolute Gasteiger partial charge is 0.380 e. The number of benzene rings is 1. The number of hydrogen-bond acceptors (Lipinski definition) is 7. The molecule has 9 heteroatoms. The molecule has 5 rings (SSSR count). The number of amides is 2. The van der Waals surface area contributed by atoms with E-state index in [1.54, 1.807) is 0 Å². The normalized spacial score (nSPS) is 34.3. The van der Waals surface area contributed by atoms with Crippen LogP contribution in [0.1, 0.15) is 32.3 Å². The second-order valence-corrected chi connectivity index (χ2v) is 9.34. The molecule has 4 heterocycles. The molecule has 0 aromatic heterocycles. The van der Waals surface area contributed by atoms with Crippen LogP contribution in [0.15, 0.2) is 18.2 Å². The highest BCUT2D eigenvalue weighted by Crippen LogP contribution is 2.39. The Kier molecular flexibility index (Phi) is 4.88. The molecule has 5 atom stereocenters. The number of nitriles is 1. The zero-order valence-electron chi connectivity index (χ0n) is 17.8. The maximum Gasteiger partial charge on any atom is 0.234 e. The lowest BCUT2D eigenvalue weighted by molar-refractivity contribution is -0.128. The second-order valence-electron chi connectivity index (χ2n) is 9.34. The average molecular weight is 425 g/mol. The molecule has 1 aromatic rings. The Bertz CT molecular complexity index is 957. The molecule has 0 radical (unpaired) electrons. The van der Waals surface area contributed by atoms with Crippen LogP contribution in [0.25, 0.3) is 0 Å². The maximum atomic E-state index is 12.8. The van der Waals surface area contributed by atoms with E-state index in [1.165, 1.54) is 0 Å². The van der Waals surface area contributed by atoms with Crippen LogP contribution in [-0.4, -0.2) is 54.8 Å². The molecule has 4 aliphatic heterocycles. The van der Waals surface area contributed by atoms with Gasteiger partial charge < -0.3 is 20.7 Å². The fraction of sp³-hybridized carbons (Fsp3) is 0.591. The van der Waals surface area contributed by atoms with Gasteiger partial charge in [0.15, 0.2) is 0 Å². The smallest absolute Gasteiger partial charge is 0.234 e. The Balaban J connectivity index is 1.40. The number of ether oxygens (including phenoxy) is 1. The molecule has 2 amide bonds. The van der Waals surface area contributed by atoms with Crippen molar-refractivity contribution in [1.82, 2.24) is 15.8 Å². The summed E-state index contributed by atoms with van der Waals surface area (Å²) < 4.78 is 5.67. The molecule has 4 N–H and O–H groups in total. The van der Waals surface area contributed by atoms with Crippen molar-refractivity contribution >= 4 is 23.2 Å². The first-order chi connectivity index (χ1) is 14.9. The van der Waals surface area contributed by atoms with Crippen LogP contribution >= 0.6 is 0 Å². The summed E-state index contributed by atoms with van der Waals surface area (Å²) in [6, 6.07) is 8.14. The standard InChI is InChI=1S/C22H28N6O3/c1-22(2)14-4-3-13(9-15(14)26-21(22)30)25-19-18-16(5-7-24-20(18)29)28(27-19)17-11-31-8-6-12(17)10-23/h3-4,9,12,16-19,25,27H,5-8,11H2,1-2H3,(H,24,29)(H,26,30)/t12-,16?,17?,18?,19?/m1/s1. The molecule has 0 aliphatic carbocycles. The lowest BCUT2D eigenvalue weighted by Crippen LogP contribution is -2.56. The van der Waals surface area contributed by atoms with Gasteiger partial charge in [-0.3, -0.25) is 9.59 Å². The maximum absolute atomic E-state index is 12.8. The van der Waals surface area contributed by atoms with Gasteiger partial charge in [-0.25, -0.2) is 10.4 Å². The van der Waals surface area contributed by atoms with Crippen molar-refractivity contribution in [2.45, 2.75) is 50.4 Å². The Labute approximate surface area is 181 Å². The third-order valence-corrected chi connectivity index (χ3v) is 7.14. The number of fused-ring (bicyclic) bond motifs is 2. The van der Waals surface area contributed by atoms with Crippen molar-refractivity contribution in [2.75, 3.05) is 30.4 Å². The van der Waals surface area contributed by atoms with E-state index in [-0.39, 0.29) is 41.9 Å². The lowest BCUT2D eigenvalue weighted by atomic mass is 9.86. The molecular formula is C22H28N6O3. The molecule has 4 unspecified atom stereocenters. The minimum atomic E-state index is -0.558. The summed E-state index contributed by atoms with van der Waals surface area (Å²) in [6.07, 6.45) is 1.18. The minimum absolute atomic E-state index is 0.00424. The van der Waals surface area contributed by atoms with Crippen molar-refractivity contribution in [3.63, 3.8) is 0 Å². The summed E-state index contributed by atoms with van der Waals surface area (Å²) in [4.78, 5) is 25.1. The van der Waals surface area contributed by atoms with E-state index in [0.29, 0.717) is 26.2 Å². The van der Waals surface area contributed by atoms with Gasteiger partial charge in [0, 0.05) is 30.6 Å². The molecule has 0 spiro atoms. The van der Waals surface area contributed by atoms with Crippen molar-refractivity contribution in [2.24, 2.45) is 11.8 Å². The molecular weight excluding hydrogens is 396 g/mol. The molecule has 31 heavy (non-hydrogen) atoms. The fourth-order valence-corrected chi connectivity index (χ4v) is 5.31. The van der Waals surface area contributed by atoms with Crippen LogP contribution in [0.4, 0.5) is 11.4 Å². The minimum Gasteiger partial charge on any atom is -0.380 e. The molecule has 4 aliphatic rings. The van der Waals surface area contributed by atoms with Gasteiger partial charge in [0.25, 0.3) is 0 Å². The van der Waals surface area contributed by atoms with Crippen LogP contribution in [0.2, 0.25) is 0 Å². The first-order valence-electron chi connectivity index (χ1n) is 10.9. The number of nitrogens with zero attached hydrogens (tertiary/aromatic N) is 2. The van der Waals surface area contributed by atoms with E-state index in [0.717, 1.165) is 23.4 Å². The highest BCUT2D eigenvalue weighted by molar-refractivity contribution is 6.06. The van der Waals surface area contributed by atoms with E-state index >= 15 is 0 Å². The number of rotatable bonds is 3. The van der Waals surface area contributed by atoms with Gasteiger partial charge in [-0.1, -0.05) is 6.07 Å². The highest BCUT2D eigenvalue weighted by atomic mass is 16.5. The summed E-state index contributed by atoms with van der Waals surface area (Å²) >= 11 is 0. The number of hydrogen-bond donors (Lipinski definition) is 4. The zero-order valence-corrected chi connectivity index (χ0v) is 17.8. The number of anilines is 2. The third-order valence-electron chi connectivity index (χ3n) is 7.14. The predicted molar refractivity (Wildman–Crippen MR) is 114 cm³/mol. The van der Waals surface area contributed by atoms with E-state index in [4.69, 9.17) is 4.74 Å². The monoisotopic (exact) mass is 424 g/mol. The quantitative estimate of drug-likeness (QED) is 0.569. The number of piperidine rings is 1. The Hall–Kier alpha value is -2.67. The van der Waals surface area contributed by atoms with Gasteiger partial charge >= 0.3 is 0 Å². The average Bonchev–Trinajstić information content (AvgIpc) is 3.23. The van der Waals surface area contributed by atoms with Crippen molar-refractivity contribution in [3.8, 4) is 6.07 Å². The van der Waals surface area contributed by atoms with Crippen molar-refractivity contribution in [1.29, 1.82) is 5.26 Å². The molecule has 0 bridgehead atoms. The Morgan fingerprint density at radius 2 is 2.10 bits per heavy atom. The second kappa shape index (κ2) is 7.48. The van der Waals surface area contributed by atoms with E-state index in [9.17, 15) is 14.9 Å². The fourth-order valence-electron chi connectivity index (χ4n) is 5.31. The Morgan fingerprint density at radius 1 is 1.26 bits per heavy atom. The number of nitrogens with one attached hydrogen (secondary N) is 4. The van der Waals surface area contributed by atoms with Crippen LogP contribution in [0.3, 0.4) is 0 Å². The first-order valence-corrected chi connectivity index (χ1v) is 10.9. The van der Waals surface area contributed by atoms with Gasteiger partial charge in [-0.15, -0.1) is 0 Å². The molecule has 164 valence electrons. The van der Waals surface area contributed by atoms with Crippen molar-refractivity contribution < 1.29 is 14.3 Å². The van der Waals surface area contributed by atoms with Crippen LogP contribution in [-0.2, 0) is 19.7 Å². The number of carbonyl (C=O) groups excluding carboxylic acids is 2. The van der Waals surface area contributed by atoms with Gasteiger partial charge in [0.05, 0.1) is 36.0 Å². The highest BCUT2D eigenvalue weighted by Gasteiger charge is 2.51. The van der Waals surface area contributed by atoms with Gasteiger partial charge in [-0.2, -0.15) is 5.26 Å². The molecule has 0 saturated carbocycles. The number of carbonyl (C=O) groups is 2. The number of hydrazine groups is 1. The SMILES string of the molecule is CC1(C)C(=O)Nc2cc(NC3NN(C4COCC[C@@H]4C#N)C4CCNC(=O)C34)ccc21. The third kappa shape index (κ3) is 3.26. The summed E-state index contributed by atoms with van der Waals surface area (Å²) in [5.41, 5.74) is 5.51. The van der Waals surface area contributed by atoms with Crippen LogP contribution in [0, 0.1) is 23.2 Å². The zero-order chi connectivity index (χ0) is 21.8. The summed E-state index contributed by atoms with van der Waals surface area (Å²) in [6.45, 7) is 5.51. The van der Waals surface area contributed by atoms with Crippen LogP contribution in [0.5, 0.6) is 0 Å². The lowest BCUT2D eigenvalue weighted by Gasteiger charge is -2.39. The van der Waals surface area contributed by atoms with Crippen molar-refractivity contribution in [3.05, 3.63) is 23.8 Å². The summed E-state index contributed by atoms with van der Waals surface area (Å²) in [5, 5.41) is 21.1. The Morgan fingerprint density at radius 3 is 2.90 bits per heavy atom. The van der Waals surface area contributed by atoms with Crippen LogP contribution < -0.4 is 21.4 Å². The predicted octanol–water partition coefficient (Wildman–Crippen LogP) is 0.908. The van der Waals surface area contributed by atoms with Gasteiger partial charge in [0.2, 0.25) is 11.8 Å². The van der Waals surface area contributed by atoms with E-state index in [1.807, 2.05) is 32.0 Å². The summed E-state index contributed by atoms with van der Waals surface area (Å²) in [5.74, 6) is -0.446. The first kappa shape index (κ1) is 20.2. The van der Waals surface area contributed by atoms with Gasteiger partial charge in [0.1, 0.15) is 6.17 Å².